The van der Waals surface area contributed by atoms with Gasteiger partial charge in [-0.1, -0.05) is 44.2 Å². The van der Waals surface area contributed by atoms with Crippen molar-refractivity contribution < 1.29 is 0 Å². The monoisotopic (exact) mass is 286 g/mol. The molecule has 3 atom stereocenters. The van der Waals surface area contributed by atoms with Crippen LogP contribution in [-0.2, 0) is 0 Å². The Balaban J connectivity index is 1.76. The molecule has 1 saturated carbocycles. The normalized spacial score (nSPS) is 28.8. The van der Waals surface area contributed by atoms with Gasteiger partial charge in [-0.2, -0.15) is 0 Å². The first-order valence-corrected chi connectivity index (χ1v) is 8.69. The first-order chi connectivity index (χ1) is 10.1. The fraction of sp³-hybridized carbons (Fsp3) is 0.684. The fourth-order valence-corrected chi connectivity index (χ4v) is 3.90. The minimum absolute atomic E-state index is 0.537. The highest BCUT2D eigenvalue weighted by atomic mass is 15.3. The number of piperazine rings is 1. The third kappa shape index (κ3) is 3.67. The largest absolute Gasteiger partial charge is 0.311 e. The van der Waals surface area contributed by atoms with Gasteiger partial charge in [0.2, 0.25) is 0 Å². The van der Waals surface area contributed by atoms with Crippen LogP contribution in [0.25, 0.3) is 0 Å². The molecule has 3 unspecified atom stereocenters. The minimum Gasteiger partial charge on any atom is -0.311 e. The van der Waals surface area contributed by atoms with Gasteiger partial charge in [0, 0.05) is 31.2 Å². The molecule has 1 aliphatic heterocycles. The zero-order valence-electron chi connectivity index (χ0n) is 13.8. The standard InChI is InChI=1S/C19H30N2/c1-14(2)11-15(3)21-13-18(16-9-10-16)20-12-19(21)17-7-5-4-6-8-17/h4-8,14-16,18-20H,9-13H2,1-3H3. The summed E-state index contributed by atoms with van der Waals surface area (Å²) in [6.45, 7) is 9.43. The first kappa shape index (κ1) is 15.1. The molecule has 2 aliphatic rings. The van der Waals surface area contributed by atoms with Crippen LogP contribution in [0.4, 0.5) is 0 Å². The van der Waals surface area contributed by atoms with E-state index in [1.165, 1.54) is 31.4 Å². The Labute approximate surface area is 129 Å². The summed E-state index contributed by atoms with van der Waals surface area (Å²) < 4.78 is 0. The van der Waals surface area contributed by atoms with E-state index in [0.29, 0.717) is 12.1 Å². The highest BCUT2D eigenvalue weighted by molar-refractivity contribution is 5.21. The van der Waals surface area contributed by atoms with E-state index in [0.717, 1.165) is 24.4 Å². The molecule has 1 heterocycles. The number of rotatable bonds is 5. The Morgan fingerprint density at radius 2 is 1.86 bits per heavy atom. The molecular weight excluding hydrogens is 256 g/mol. The Morgan fingerprint density at radius 3 is 2.48 bits per heavy atom. The van der Waals surface area contributed by atoms with E-state index in [2.05, 4.69) is 61.3 Å². The number of benzene rings is 1. The van der Waals surface area contributed by atoms with E-state index < -0.39 is 0 Å². The molecule has 0 spiro atoms. The Bertz CT molecular complexity index is 438. The van der Waals surface area contributed by atoms with Crippen molar-refractivity contribution in [2.24, 2.45) is 11.8 Å². The van der Waals surface area contributed by atoms with Crippen LogP contribution in [-0.4, -0.2) is 30.1 Å². The van der Waals surface area contributed by atoms with E-state index in [1.54, 1.807) is 0 Å². The quantitative estimate of drug-likeness (QED) is 0.884. The molecule has 1 aromatic rings. The highest BCUT2D eigenvalue weighted by Crippen LogP contribution is 2.37. The molecular formula is C19H30N2. The summed E-state index contributed by atoms with van der Waals surface area (Å²) in [5.41, 5.74) is 1.47. The van der Waals surface area contributed by atoms with Gasteiger partial charge in [0.15, 0.2) is 0 Å². The predicted octanol–water partition coefficient (Wildman–Crippen LogP) is 3.85. The zero-order chi connectivity index (χ0) is 14.8. The molecule has 1 aromatic carbocycles. The number of nitrogens with one attached hydrogen (secondary N) is 1. The van der Waals surface area contributed by atoms with Crippen LogP contribution in [0.2, 0.25) is 0 Å². The minimum atomic E-state index is 0.537. The lowest BCUT2D eigenvalue weighted by Gasteiger charge is -2.44. The van der Waals surface area contributed by atoms with Gasteiger partial charge in [-0.25, -0.2) is 0 Å². The third-order valence-corrected chi connectivity index (χ3v) is 5.14. The van der Waals surface area contributed by atoms with Crippen LogP contribution in [0.15, 0.2) is 30.3 Å². The van der Waals surface area contributed by atoms with Crippen molar-refractivity contribution in [1.29, 1.82) is 0 Å². The maximum absolute atomic E-state index is 3.83. The van der Waals surface area contributed by atoms with Gasteiger partial charge in [-0.05, 0) is 43.6 Å². The van der Waals surface area contributed by atoms with Gasteiger partial charge in [0.25, 0.3) is 0 Å². The molecule has 116 valence electrons. The van der Waals surface area contributed by atoms with Crippen LogP contribution >= 0.6 is 0 Å². The highest BCUT2D eigenvalue weighted by Gasteiger charge is 2.39. The Kier molecular flexibility index (Phi) is 4.66. The first-order valence-electron chi connectivity index (χ1n) is 8.69. The second-order valence-corrected chi connectivity index (χ2v) is 7.45. The van der Waals surface area contributed by atoms with E-state index in [4.69, 9.17) is 0 Å². The molecule has 0 aromatic heterocycles. The van der Waals surface area contributed by atoms with Crippen molar-refractivity contribution in [3.8, 4) is 0 Å². The summed E-state index contributed by atoms with van der Waals surface area (Å²) in [7, 11) is 0. The molecule has 2 nitrogen and oxygen atoms in total. The van der Waals surface area contributed by atoms with Crippen LogP contribution in [0, 0.1) is 11.8 Å². The number of hydrogen-bond acceptors (Lipinski definition) is 2. The lowest BCUT2D eigenvalue weighted by Crippen LogP contribution is -2.55. The molecule has 1 N–H and O–H groups in total. The Hall–Kier alpha value is -0.860. The van der Waals surface area contributed by atoms with Crippen LogP contribution < -0.4 is 5.32 Å². The molecule has 2 fully saturated rings. The van der Waals surface area contributed by atoms with Gasteiger partial charge < -0.3 is 5.32 Å². The molecule has 3 rings (SSSR count). The second-order valence-electron chi connectivity index (χ2n) is 7.45. The van der Waals surface area contributed by atoms with Gasteiger partial charge >= 0.3 is 0 Å². The lowest BCUT2D eigenvalue weighted by molar-refractivity contribution is 0.0728. The van der Waals surface area contributed by atoms with Crippen molar-refractivity contribution in [1.82, 2.24) is 10.2 Å². The van der Waals surface area contributed by atoms with Crippen LogP contribution in [0.5, 0.6) is 0 Å². The molecule has 1 saturated heterocycles. The lowest BCUT2D eigenvalue weighted by atomic mass is 9.94. The molecule has 1 aliphatic carbocycles. The fourth-order valence-electron chi connectivity index (χ4n) is 3.90. The number of hydrogen-bond donors (Lipinski definition) is 1. The van der Waals surface area contributed by atoms with Crippen molar-refractivity contribution in [2.75, 3.05) is 13.1 Å². The third-order valence-electron chi connectivity index (χ3n) is 5.14. The molecule has 0 amide bonds. The predicted molar refractivity (Wildman–Crippen MR) is 89.3 cm³/mol. The SMILES string of the molecule is CC(C)CC(C)N1CC(C2CC2)NCC1c1ccccc1. The smallest absolute Gasteiger partial charge is 0.0476 e. The van der Waals surface area contributed by atoms with Gasteiger partial charge in [-0.3, -0.25) is 4.90 Å². The second kappa shape index (κ2) is 6.50. The average molecular weight is 286 g/mol. The summed E-state index contributed by atoms with van der Waals surface area (Å²) >= 11 is 0. The van der Waals surface area contributed by atoms with E-state index in [1.807, 2.05) is 0 Å². The summed E-state index contributed by atoms with van der Waals surface area (Å²) in [4.78, 5) is 2.77. The van der Waals surface area contributed by atoms with Crippen LogP contribution in [0.3, 0.4) is 0 Å². The van der Waals surface area contributed by atoms with Gasteiger partial charge in [0.1, 0.15) is 0 Å². The van der Waals surface area contributed by atoms with E-state index in [-0.39, 0.29) is 0 Å². The topological polar surface area (TPSA) is 15.3 Å². The summed E-state index contributed by atoms with van der Waals surface area (Å²) in [6.07, 6.45) is 4.15. The van der Waals surface area contributed by atoms with Crippen molar-refractivity contribution in [3.63, 3.8) is 0 Å². The van der Waals surface area contributed by atoms with Crippen molar-refractivity contribution in [3.05, 3.63) is 35.9 Å². The summed E-state index contributed by atoms with van der Waals surface area (Å²) in [6, 6.07) is 13.0. The van der Waals surface area contributed by atoms with Crippen molar-refractivity contribution >= 4 is 0 Å². The van der Waals surface area contributed by atoms with E-state index in [9.17, 15) is 0 Å². The summed E-state index contributed by atoms with van der Waals surface area (Å²) in [5.74, 6) is 1.71. The number of nitrogens with zero attached hydrogens (tertiary/aromatic N) is 1. The molecule has 21 heavy (non-hydrogen) atoms. The maximum atomic E-state index is 3.83. The van der Waals surface area contributed by atoms with Crippen LogP contribution in [0.1, 0.15) is 51.6 Å². The molecule has 2 heteroatoms. The van der Waals surface area contributed by atoms with Gasteiger partial charge in [-0.15, -0.1) is 0 Å². The van der Waals surface area contributed by atoms with Crippen molar-refractivity contribution in [2.45, 2.75) is 58.2 Å². The molecule has 0 bridgehead atoms. The Morgan fingerprint density at radius 1 is 1.14 bits per heavy atom. The van der Waals surface area contributed by atoms with E-state index >= 15 is 0 Å². The van der Waals surface area contributed by atoms with Gasteiger partial charge in [0.05, 0.1) is 0 Å². The molecule has 0 radical (unpaired) electrons. The average Bonchev–Trinajstić information content (AvgIpc) is 3.31. The zero-order valence-corrected chi connectivity index (χ0v) is 13.8. The summed E-state index contributed by atoms with van der Waals surface area (Å²) in [5, 5.41) is 3.83. The maximum Gasteiger partial charge on any atom is 0.0476 e.